The molecule has 0 fully saturated rings. The fourth-order valence-electron chi connectivity index (χ4n) is 1.76. The highest BCUT2D eigenvalue weighted by Crippen LogP contribution is 2.13. The fourth-order valence-corrected chi connectivity index (χ4v) is 1.76. The Bertz CT molecular complexity index is 627. The summed E-state index contributed by atoms with van der Waals surface area (Å²) in [5, 5.41) is 12.5. The number of aromatic nitrogens is 3. The first-order valence-corrected chi connectivity index (χ1v) is 6.74. The normalized spacial score (nSPS) is 10.2. The number of amides is 2. The summed E-state index contributed by atoms with van der Waals surface area (Å²) in [6.45, 7) is 0.920. The second kappa shape index (κ2) is 7.89. The Labute approximate surface area is 127 Å². The van der Waals surface area contributed by atoms with Crippen LogP contribution in [0.15, 0.2) is 36.9 Å². The van der Waals surface area contributed by atoms with Crippen LogP contribution >= 0.6 is 0 Å². The van der Waals surface area contributed by atoms with E-state index in [1.807, 2.05) is 6.07 Å². The molecule has 1 aromatic carbocycles. The minimum atomic E-state index is -0.710. The summed E-state index contributed by atoms with van der Waals surface area (Å²) in [7, 11) is 1.58. The molecule has 0 aliphatic rings. The van der Waals surface area contributed by atoms with E-state index >= 15 is 0 Å². The number of hydrogen-bond acceptors (Lipinski definition) is 5. The topological polar surface area (TPSA) is 98.1 Å². The third-order valence-corrected chi connectivity index (χ3v) is 2.84. The maximum Gasteiger partial charge on any atom is 0.313 e. The van der Waals surface area contributed by atoms with E-state index in [1.165, 1.54) is 0 Å². The van der Waals surface area contributed by atoms with Gasteiger partial charge in [0.05, 0.1) is 5.69 Å². The quantitative estimate of drug-likeness (QED) is 0.593. The molecule has 0 atom stereocenters. The highest BCUT2D eigenvalue weighted by atomic mass is 16.5. The van der Waals surface area contributed by atoms with Crippen molar-refractivity contribution in [3.8, 4) is 5.69 Å². The van der Waals surface area contributed by atoms with E-state index in [-0.39, 0.29) is 0 Å². The SMILES string of the molecule is COCCCNC(=O)C(=O)Nc1cccc(-n2cnnc2)c1. The van der Waals surface area contributed by atoms with E-state index < -0.39 is 11.8 Å². The van der Waals surface area contributed by atoms with Gasteiger partial charge in [0.1, 0.15) is 12.7 Å². The molecule has 2 amide bonds. The lowest BCUT2D eigenvalue weighted by Gasteiger charge is -2.08. The van der Waals surface area contributed by atoms with Crippen LogP contribution in [0.1, 0.15) is 6.42 Å². The third-order valence-electron chi connectivity index (χ3n) is 2.84. The van der Waals surface area contributed by atoms with Gasteiger partial charge in [-0.25, -0.2) is 0 Å². The van der Waals surface area contributed by atoms with Gasteiger partial charge in [-0.15, -0.1) is 10.2 Å². The Morgan fingerprint density at radius 1 is 1.23 bits per heavy atom. The molecule has 0 unspecified atom stereocenters. The number of carbonyl (C=O) groups is 2. The van der Waals surface area contributed by atoms with Gasteiger partial charge in [-0.05, 0) is 24.6 Å². The second-order valence-electron chi connectivity index (χ2n) is 4.48. The highest BCUT2D eigenvalue weighted by Gasteiger charge is 2.13. The Morgan fingerprint density at radius 2 is 2.00 bits per heavy atom. The maximum absolute atomic E-state index is 11.8. The Kier molecular flexibility index (Phi) is 5.61. The van der Waals surface area contributed by atoms with Crippen LogP contribution in [0.4, 0.5) is 5.69 Å². The van der Waals surface area contributed by atoms with Gasteiger partial charge in [-0.3, -0.25) is 14.2 Å². The molecule has 0 bridgehead atoms. The van der Waals surface area contributed by atoms with Crippen molar-refractivity contribution in [2.24, 2.45) is 0 Å². The van der Waals surface area contributed by atoms with Crippen LogP contribution in [-0.2, 0) is 14.3 Å². The number of nitrogens with one attached hydrogen (secondary N) is 2. The molecule has 0 aliphatic heterocycles. The van der Waals surface area contributed by atoms with Crippen molar-refractivity contribution < 1.29 is 14.3 Å². The van der Waals surface area contributed by atoms with E-state index in [2.05, 4.69) is 20.8 Å². The summed E-state index contributed by atoms with van der Waals surface area (Å²) in [5.74, 6) is -1.39. The van der Waals surface area contributed by atoms with Crippen molar-refractivity contribution in [3.63, 3.8) is 0 Å². The van der Waals surface area contributed by atoms with Crippen molar-refractivity contribution >= 4 is 17.5 Å². The zero-order valence-corrected chi connectivity index (χ0v) is 12.2. The van der Waals surface area contributed by atoms with Gasteiger partial charge in [-0.2, -0.15) is 0 Å². The summed E-state index contributed by atoms with van der Waals surface area (Å²) >= 11 is 0. The average molecular weight is 303 g/mol. The van der Waals surface area contributed by atoms with Crippen LogP contribution in [0, 0.1) is 0 Å². The molecule has 1 aromatic heterocycles. The summed E-state index contributed by atoms with van der Waals surface area (Å²) in [5.41, 5.74) is 1.30. The zero-order valence-electron chi connectivity index (χ0n) is 12.2. The van der Waals surface area contributed by atoms with Crippen LogP contribution in [0.3, 0.4) is 0 Å². The standard InChI is InChI=1S/C14H17N5O3/c1-22-7-3-6-15-13(20)14(21)18-11-4-2-5-12(8-11)19-9-16-17-10-19/h2,4-5,8-10H,3,6-7H2,1H3,(H,15,20)(H,18,21). The molecule has 116 valence electrons. The predicted octanol–water partition coefficient (Wildman–Crippen LogP) is 0.358. The van der Waals surface area contributed by atoms with Crippen molar-refractivity contribution in [1.82, 2.24) is 20.1 Å². The van der Waals surface area contributed by atoms with Gasteiger partial charge in [0.15, 0.2) is 0 Å². The van der Waals surface area contributed by atoms with Crippen molar-refractivity contribution in [2.45, 2.75) is 6.42 Å². The molecule has 8 heteroatoms. The van der Waals surface area contributed by atoms with E-state index in [1.54, 1.807) is 42.5 Å². The molecule has 0 radical (unpaired) electrons. The van der Waals surface area contributed by atoms with Crippen molar-refractivity contribution in [1.29, 1.82) is 0 Å². The van der Waals surface area contributed by atoms with E-state index in [4.69, 9.17) is 4.74 Å². The molecule has 2 rings (SSSR count). The number of rotatable bonds is 6. The Morgan fingerprint density at radius 3 is 2.73 bits per heavy atom. The predicted molar refractivity (Wildman–Crippen MR) is 79.5 cm³/mol. The van der Waals surface area contributed by atoms with Crippen LogP contribution in [0.2, 0.25) is 0 Å². The fraction of sp³-hybridized carbons (Fsp3) is 0.286. The van der Waals surface area contributed by atoms with Gasteiger partial charge in [0.2, 0.25) is 0 Å². The summed E-state index contributed by atoms with van der Waals surface area (Å²) in [6.07, 6.45) is 3.74. The van der Waals surface area contributed by atoms with Crippen LogP contribution in [-0.4, -0.2) is 46.8 Å². The number of methoxy groups -OCH3 is 1. The minimum Gasteiger partial charge on any atom is -0.385 e. The van der Waals surface area contributed by atoms with Crippen LogP contribution in [0.5, 0.6) is 0 Å². The molecule has 1 heterocycles. The molecular weight excluding hydrogens is 286 g/mol. The van der Waals surface area contributed by atoms with Crippen molar-refractivity contribution in [2.75, 3.05) is 25.6 Å². The first-order valence-electron chi connectivity index (χ1n) is 6.74. The maximum atomic E-state index is 11.8. The lowest BCUT2D eigenvalue weighted by molar-refractivity contribution is -0.136. The number of benzene rings is 1. The van der Waals surface area contributed by atoms with E-state index in [9.17, 15) is 9.59 Å². The molecule has 0 aliphatic carbocycles. The van der Waals surface area contributed by atoms with Gasteiger partial charge in [0, 0.05) is 25.9 Å². The molecule has 22 heavy (non-hydrogen) atoms. The third kappa shape index (κ3) is 4.38. The van der Waals surface area contributed by atoms with Crippen LogP contribution in [0.25, 0.3) is 5.69 Å². The molecule has 2 N–H and O–H groups in total. The summed E-state index contributed by atoms with van der Waals surface area (Å²) < 4.78 is 6.56. The molecular formula is C14H17N5O3. The zero-order chi connectivity index (χ0) is 15.8. The summed E-state index contributed by atoms with van der Waals surface area (Å²) in [6, 6.07) is 7.02. The minimum absolute atomic E-state index is 0.390. The van der Waals surface area contributed by atoms with Gasteiger partial charge >= 0.3 is 11.8 Å². The molecule has 8 nitrogen and oxygen atoms in total. The average Bonchev–Trinajstić information content (AvgIpc) is 3.06. The largest absolute Gasteiger partial charge is 0.385 e. The van der Waals surface area contributed by atoms with E-state index in [0.29, 0.717) is 25.3 Å². The number of hydrogen-bond donors (Lipinski definition) is 2. The Hall–Kier alpha value is -2.74. The van der Waals surface area contributed by atoms with E-state index in [0.717, 1.165) is 5.69 Å². The lowest BCUT2D eigenvalue weighted by Crippen LogP contribution is -2.36. The summed E-state index contributed by atoms with van der Waals surface area (Å²) in [4.78, 5) is 23.4. The molecule has 0 spiro atoms. The monoisotopic (exact) mass is 303 g/mol. The second-order valence-corrected chi connectivity index (χ2v) is 4.48. The molecule has 2 aromatic rings. The van der Waals surface area contributed by atoms with Gasteiger partial charge in [-0.1, -0.05) is 6.07 Å². The van der Waals surface area contributed by atoms with Gasteiger partial charge in [0.25, 0.3) is 0 Å². The Balaban J connectivity index is 1.91. The molecule has 0 saturated carbocycles. The number of nitrogens with zero attached hydrogens (tertiary/aromatic N) is 3. The first-order chi connectivity index (χ1) is 10.7. The van der Waals surface area contributed by atoms with Gasteiger partial charge < -0.3 is 15.4 Å². The van der Waals surface area contributed by atoms with Crippen molar-refractivity contribution in [3.05, 3.63) is 36.9 Å². The van der Waals surface area contributed by atoms with Crippen LogP contribution < -0.4 is 10.6 Å². The number of ether oxygens (including phenoxy) is 1. The first kappa shape index (κ1) is 15.6. The smallest absolute Gasteiger partial charge is 0.313 e. The lowest BCUT2D eigenvalue weighted by atomic mass is 10.2. The highest BCUT2D eigenvalue weighted by molar-refractivity contribution is 6.39. The molecule has 0 saturated heterocycles. The number of anilines is 1. The number of carbonyl (C=O) groups excluding carboxylic acids is 2.